The van der Waals surface area contributed by atoms with E-state index >= 15 is 0 Å². The molecule has 0 radical (unpaired) electrons. The molecular weight excluding hydrogens is 233 g/mol. The maximum Gasteiger partial charge on any atom is 1.00 e. The Morgan fingerprint density at radius 2 is 1.13 bits per heavy atom. The van der Waals surface area contributed by atoms with Crippen molar-refractivity contribution in [1.29, 1.82) is 0 Å². The van der Waals surface area contributed by atoms with Crippen molar-refractivity contribution in [2.24, 2.45) is 0 Å². The number of alkyl halides is 6. The summed E-state index contributed by atoms with van der Waals surface area (Å²) in [6.45, 7) is 0. The zero-order valence-electron chi connectivity index (χ0n) is 8.58. The van der Waals surface area contributed by atoms with Gasteiger partial charge >= 0.3 is 41.9 Å². The third-order valence-electron chi connectivity index (χ3n) is 1.52. The number of halogens is 6. The zero-order valence-corrected chi connectivity index (χ0v) is 9.58. The van der Waals surface area contributed by atoms with Gasteiger partial charge in [0.2, 0.25) is 0 Å². The maximum atomic E-state index is 12.0. The van der Waals surface area contributed by atoms with Crippen LogP contribution in [0.5, 0.6) is 0 Å². The van der Waals surface area contributed by atoms with E-state index in [9.17, 15) is 26.3 Å². The molecule has 0 aromatic heterocycles. The largest absolute Gasteiger partial charge is 1.00 e. The fraction of sp³-hybridized carbons (Fsp3) is 0.250. The monoisotopic (exact) mass is 238 g/mol. The van der Waals surface area contributed by atoms with Crippen LogP contribution >= 0.6 is 0 Å². The van der Waals surface area contributed by atoms with Gasteiger partial charge in [0.05, 0.1) is 11.1 Å². The van der Waals surface area contributed by atoms with E-state index in [2.05, 4.69) is 0 Å². The van der Waals surface area contributed by atoms with Crippen LogP contribution in [-0.2, 0) is 12.4 Å². The van der Waals surface area contributed by atoms with Gasteiger partial charge in [0.1, 0.15) is 0 Å². The molecule has 0 heterocycles. The molecule has 0 aliphatic carbocycles. The van der Waals surface area contributed by atoms with Crippen LogP contribution in [-0.4, -0.2) is 0 Å². The van der Waals surface area contributed by atoms with Gasteiger partial charge in [0.25, 0.3) is 0 Å². The fourth-order valence-electron chi connectivity index (χ4n) is 0.872. The van der Waals surface area contributed by atoms with Crippen LogP contribution in [0.25, 0.3) is 0 Å². The van der Waals surface area contributed by atoms with Gasteiger partial charge in [-0.15, -0.1) is 0 Å². The summed E-state index contributed by atoms with van der Waals surface area (Å²) in [6.07, 6.45) is -9.50. The predicted octanol–water partition coefficient (Wildman–Crippen LogP) is 0.841. The van der Waals surface area contributed by atoms with Crippen LogP contribution in [0.3, 0.4) is 0 Å². The quantitative estimate of drug-likeness (QED) is 0.464. The maximum absolute atomic E-state index is 12.0. The summed E-state index contributed by atoms with van der Waals surface area (Å²) in [5, 5.41) is 0. The summed E-state index contributed by atoms with van der Waals surface area (Å²) in [6, 6.07) is 2.00. The second kappa shape index (κ2) is 4.76. The third kappa shape index (κ3) is 4.04. The molecule has 80 valence electrons. The molecule has 0 N–H and O–H groups in total. The van der Waals surface area contributed by atoms with E-state index in [-0.39, 0.29) is 37.1 Å². The van der Waals surface area contributed by atoms with Crippen LogP contribution in [0.15, 0.2) is 24.3 Å². The average Bonchev–Trinajstić information content (AvgIpc) is 2.01. The van der Waals surface area contributed by atoms with Crippen molar-refractivity contribution < 1.29 is 57.3 Å². The van der Waals surface area contributed by atoms with E-state index in [1.807, 2.05) is 0 Å². The second-order valence-electron chi connectivity index (χ2n) is 2.58. The Morgan fingerprint density at radius 1 is 0.800 bits per heavy atom. The van der Waals surface area contributed by atoms with Gasteiger partial charge in [0.15, 0.2) is 0 Å². The van der Waals surface area contributed by atoms with Gasteiger partial charge in [-0.25, -0.2) is 0 Å². The third-order valence-corrected chi connectivity index (χ3v) is 1.52. The van der Waals surface area contributed by atoms with Crippen LogP contribution in [0.1, 0.15) is 12.6 Å². The first-order valence-electron chi connectivity index (χ1n) is 3.46. The van der Waals surface area contributed by atoms with E-state index in [1.54, 1.807) is 0 Å². The molecule has 0 saturated carbocycles. The number of benzene rings is 1. The SMILES string of the molecule is FC(F)(F)c1cccc(C(F)(F)F)c1.[H-].[Na+]. The molecule has 0 spiro atoms. The van der Waals surface area contributed by atoms with Gasteiger partial charge < -0.3 is 1.43 Å². The topological polar surface area (TPSA) is 0 Å². The molecule has 1 aromatic rings. The minimum atomic E-state index is -4.75. The van der Waals surface area contributed by atoms with Gasteiger partial charge in [-0.2, -0.15) is 26.3 Å². The van der Waals surface area contributed by atoms with Gasteiger partial charge in [-0.3, -0.25) is 0 Å². The first-order valence-corrected chi connectivity index (χ1v) is 3.46. The van der Waals surface area contributed by atoms with E-state index in [0.717, 1.165) is 6.07 Å². The molecule has 0 bridgehead atoms. The zero-order chi connectivity index (χ0) is 11.0. The van der Waals surface area contributed by atoms with Crippen molar-refractivity contribution in [3.63, 3.8) is 0 Å². The van der Waals surface area contributed by atoms with Crippen molar-refractivity contribution in [1.82, 2.24) is 0 Å². The van der Waals surface area contributed by atoms with Crippen molar-refractivity contribution in [2.75, 3.05) is 0 Å². The molecular formula is C8H5F6Na. The van der Waals surface area contributed by atoms with E-state index < -0.39 is 23.5 Å². The smallest absolute Gasteiger partial charge is 1.00 e. The molecule has 0 aliphatic rings. The first kappa shape index (κ1) is 14.8. The molecule has 7 heteroatoms. The summed E-state index contributed by atoms with van der Waals surface area (Å²) in [7, 11) is 0. The molecule has 0 aliphatic heterocycles. The number of hydrogen-bond acceptors (Lipinski definition) is 0. The molecule has 0 saturated heterocycles. The minimum Gasteiger partial charge on any atom is -1.00 e. The van der Waals surface area contributed by atoms with Crippen molar-refractivity contribution in [3.05, 3.63) is 35.4 Å². The first-order chi connectivity index (χ1) is 6.21. The molecule has 0 amide bonds. The van der Waals surface area contributed by atoms with Crippen LogP contribution in [0, 0.1) is 0 Å². The predicted molar refractivity (Wildman–Crippen MR) is 37.6 cm³/mol. The van der Waals surface area contributed by atoms with E-state index in [0.29, 0.717) is 12.1 Å². The van der Waals surface area contributed by atoms with Crippen LogP contribution in [0.2, 0.25) is 0 Å². The molecule has 0 atom stereocenters. The van der Waals surface area contributed by atoms with Crippen molar-refractivity contribution in [3.8, 4) is 0 Å². The normalized spacial score (nSPS) is 12.1. The molecule has 1 rings (SSSR count). The molecule has 1 aromatic carbocycles. The Bertz CT molecular complexity index is 303. The van der Waals surface area contributed by atoms with Gasteiger partial charge in [-0.05, 0) is 18.2 Å². The molecule has 0 unspecified atom stereocenters. The van der Waals surface area contributed by atoms with E-state index in [4.69, 9.17) is 0 Å². The Labute approximate surface area is 105 Å². The van der Waals surface area contributed by atoms with Crippen LogP contribution in [0.4, 0.5) is 26.3 Å². The summed E-state index contributed by atoms with van der Waals surface area (Å²) >= 11 is 0. The van der Waals surface area contributed by atoms with Crippen molar-refractivity contribution >= 4 is 0 Å². The second-order valence-corrected chi connectivity index (χ2v) is 2.58. The van der Waals surface area contributed by atoms with E-state index in [1.165, 1.54) is 0 Å². The summed E-state index contributed by atoms with van der Waals surface area (Å²) < 4.78 is 71.9. The molecule has 15 heavy (non-hydrogen) atoms. The summed E-state index contributed by atoms with van der Waals surface area (Å²) in [5.41, 5.74) is -2.60. The fourth-order valence-corrected chi connectivity index (χ4v) is 0.872. The Kier molecular flexibility index (Phi) is 4.69. The average molecular weight is 238 g/mol. The summed E-state index contributed by atoms with van der Waals surface area (Å²) in [5.74, 6) is 0. The van der Waals surface area contributed by atoms with Crippen LogP contribution < -0.4 is 29.6 Å². The van der Waals surface area contributed by atoms with Gasteiger partial charge in [-0.1, -0.05) is 6.07 Å². The van der Waals surface area contributed by atoms with Crippen molar-refractivity contribution in [2.45, 2.75) is 12.4 Å². The number of rotatable bonds is 0. The standard InChI is InChI=1S/C8H4F6.Na.H/c9-7(10,11)5-2-1-3-6(4-5)8(12,13)14;;/h1-4H;;/q;+1;-1. The molecule has 0 fully saturated rings. The Morgan fingerprint density at radius 3 is 1.40 bits per heavy atom. The minimum absolute atomic E-state index is 0. The molecule has 0 nitrogen and oxygen atoms in total. The van der Waals surface area contributed by atoms with Gasteiger partial charge in [0, 0.05) is 0 Å². The summed E-state index contributed by atoms with van der Waals surface area (Å²) in [4.78, 5) is 0. The number of hydrogen-bond donors (Lipinski definition) is 0. The Balaban J connectivity index is 0. The Hall–Kier alpha value is -0.200.